The first-order valence-corrected chi connectivity index (χ1v) is 11.8. The molecule has 0 heterocycles. The minimum Gasteiger partial charge on any atom is -0.484 e. The van der Waals surface area contributed by atoms with Gasteiger partial charge in [0.15, 0.2) is 6.61 Å². The van der Waals surface area contributed by atoms with E-state index in [-0.39, 0.29) is 31.0 Å². The molecule has 172 valence electrons. The molecule has 2 aromatic carbocycles. The molecule has 1 atom stereocenters. The van der Waals surface area contributed by atoms with Crippen LogP contribution in [0.25, 0.3) is 0 Å². The molecule has 0 spiro atoms. The lowest BCUT2D eigenvalue weighted by atomic mass is 10.1. The molecule has 32 heavy (non-hydrogen) atoms. The Morgan fingerprint density at radius 3 is 2.50 bits per heavy atom. The smallest absolute Gasteiger partial charge is 0.261 e. The first-order chi connectivity index (χ1) is 15.4. The number of nitrogens with one attached hydrogen (secondary N) is 1. The second-order valence-electron chi connectivity index (χ2n) is 8.56. The third kappa shape index (κ3) is 6.26. The van der Waals surface area contributed by atoms with Gasteiger partial charge in [-0.05, 0) is 68.0 Å². The van der Waals surface area contributed by atoms with E-state index < -0.39 is 6.04 Å². The molecule has 1 aliphatic carbocycles. The van der Waals surface area contributed by atoms with Crippen LogP contribution in [0.4, 0.5) is 0 Å². The van der Waals surface area contributed by atoms with Crippen molar-refractivity contribution in [2.75, 3.05) is 6.61 Å². The number of hydrogen-bond acceptors (Lipinski definition) is 3. The number of carbonyl (C=O) groups is 2. The summed E-state index contributed by atoms with van der Waals surface area (Å²) in [5.74, 6) is 0.296. The number of aryl methyl sites for hydroxylation is 2. The van der Waals surface area contributed by atoms with E-state index in [1.54, 1.807) is 11.0 Å². The van der Waals surface area contributed by atoms with Crippen molar-refractivity contribution in [3.63, 3.8) is 0 Å². The number of hydrogen-bond donors (Lipinski definition) is 1. The van der Waals surface area contributed by atoms with Gasteiger partial charge in [-0.3, -0.25) is 9.59 Å². The molecule has 0 unspecified atom stereocenters. The number of rotatable bonds is 9. The zero-order valence-corrected chi connectivity index (χ0v) is 20.0. The maximum absolute atomic E-state index is 13.3. The van der Waals surface area contributed by atoms with Crippen molar-refractivity contribution < 1.29 is 14.3 Å². The molecule has 0 saturated heterocycles. The van der Waals surface area contributed by atoms with Crippen molar-refractivity contribution in [1.29, 1.82) is 0 Å². The number of benzene rings is 2. The zero-order valence-electron chi connectivity index (χ0n) is 19.2. The number of amides is 2. The first kappa shape index (κ1) is 24.1. The first-order valence-electron chi connectivity index (χ1n) is 11.4. The Labute approximate surface area is 196 Å². The number of halogens is 1. The molecule has 1 saturated carbocycles. The average molecular weight is 457 g/mol. The van der Waals surface area contributed by atoms with Gasteiger partial charge < -0.3 is 15.0 Å². The molecule has 2 aromatic rings. The van der Waals surface area contributed by atoms with Gasteiger partial charge in [-0.2, -0.15) is 0 Å². The lowest BCUT2D eigenvalue weighted by molar-refractivity contribution is -0.143. The van der Waals surface area contributed by atoms with Crippen LogP contribution in [-0.4, -0.2) is 35.4 Å². The Hall–Kier alpha value is -2.53. The summed E-state index contributed by atoms with van der Waals surface area (Å²) in [6.07, 6.45) is 4.77. The topological polar surface area (TPSA) is 58.6 Å². The third-order valence-electron chi connectivity index (χ3n) is 6.23. The second kappa shape index (κ2) is 11.4. The monoisotopic (exact) mass is 456 g/mol. The van der Waals surface area contributed by atoms with Crippen LogP contribution in [0.2, 0.25) is 5.02 Å². The molecule has 0 bridgehead atoms. The van der Waals surface area contributed by atoms with Crippen LogP contribution in [-0.2, 0) is 16.1 Å². The van der Waals surface area contributed by atoms with Gasteiger partial charge in [0, 0.05) is 17.6 Å². The molecule has 1 aliphatic rings. The van der Waals surface area contributed by atoms with Crippen molar-refractivity contribution in [2.45, 2.75) is 71.5 Å². The van der Waals surface area contributed by atoms with E-state index in [0.29, 0.717) is 17.2 Å². The minimum absolute atomic E-state index is 0.106. The molecular weight excluding hydrogens is 424 g/mol. The van der Waals surface area contributed by atoms with Crippen LogP contribution < -0.4 is 10.1 Å². The standard InChI is InChI=1S/C26H33ClN2O3/c1-4-24(26(31)28-21-10-6-7-11-21)29(16-20-9-5-8-12-23(20)27)25(30)17-32-22-14-13-18(2)19(3)15-22/h5,8-9,12-15,21,24H,4,6-7,10-11,16-17H2,1-3H3,(H,28,31)/t24-/m0/s1. The molecule has 1 N–H and O–H groups in total. The van der Waals surface area contributed by atoms with Gasteiger partial charge in [0.1, 0.15) is 11.8 Å². The van der Waals surface area contributed by atoms with Gasteiger partial charge in [-0.1, -0.05) is 55.6 Å². The fourth-order valence-corrected chi connectivity index (χ4v) is 4.32. The normalized spacial score (nSPS) is 14.8. The van der Waals surface area contributed by atoms with E-state index in [1.165, 1.54) is 5.56 Å². The second-order valence-corrected chi connectivity index (χ2v) is 8.97. The van der Waals surface area contributed by atoms with Crippen molar-refractivity contribution in [2.24, 2.45) is 0 Å². The van der Waals surface area contributed by atoms with Crippen molar-refractivity contribution in [1.82, 2.24) is 10.2 Å². The van der Waals surface area contributed by atoms with Gasteiger partial charge in [0.05, 0.1) is 0 Å². The maximum Gasteiger partial charge on any atom is 0.261 e. The highest BCUT2D eigenvalue weighted by atomic mass is 35.5. The summed E-state index contributed by atoms with van der Waals surface area (Å²) in [6.45, 7) is 6.08. The highest BCUT2D eigenvalue weighted by molar-refractivity contribution is 6.31. The highest BCUT2D eigenvalue weighted by Gasteiger charge is 2.31. The third-order valence-corrected chi connectivity index (χ3v) is 6.60. The summed E-state index contributed by atoms with van der Waals surface area (Å²) < 4.78 is 5.80. The van der Waals surface area contributed by atoms with Crippen molar-refractivity contribution in [3.8, 4) is 5.75 Å². The summed E-state index contributed by atoms with van der Waals surface area (Å²) in [4.78, 5) is 28.0. The Morgan fingerprint density at radius 1 is 1.12 bits per heavy atom. The molecule has 0 aromatic heterocycles. The van der Waals surface area contributed by atoms with E-state index >= 15 is 0 Å². The molecule has 6 heteroatoms. The Morgan fingerprint density at radius 2 is 1.84 bits per heavy atom. The average Bonchev–Trinajstić information content (AvgIpc) is 3.28. The summed E-state index contributed by atoms with van der Waals surface area (Å²) in [6, 6.07) is 12.8. The molecule has 0 aliphatic heterocycles. The summed E-state index contributed by atoms with van der Waals surface area (Å²) in [5.41, 5.74) is 3.07. The van der Waals surface area contributed by atoms with E-state index in [1.807, 2.05) is 57.2 Å². The van der Waals surface area contributed by atoms with Crippen LogP contribution in [0, 0.1) is 13.8 Å². The van der Waals surface area contributed by atoms with Crippen LogP contribution in [0.5, 0.6) is 5.75 Å². The fourth-order valence-electron chi connectivity index (χ4n) is 4.13. The van der Waals surface area contributed by atoms with Gasteiger partial charge >= 0.3 is 0 Å². The Kier molecular flexibility index (Phi) is 8.57. The van der Waals surface area contributed by atoms with E-state index in [4.69, 9.17) is 16.3 Å². The SMILES string of the molecule is CC[C@@H](C(=O)NC1CCCC1)N(Cc1ccccc1Cl)C(=O)COc1ccc(C)c(C)c1. The number of ether oxygens (including phenoxy) is 1. The van der Waals surface area contributed by atoms with Gasteiger partial charge in [-0.25, -0.2) is 0 Å². The zero-order chi connectivity index (χ0) is 23.1. The predicted octanol–water partition coefficient (Wildman–Crippen LogP) is 5.20. The van der Waals surface area contributed by atoms with Crippen LogP contribution in [0.3, 0.4) is 0 Å². The molecule has 1 fully saturated rings. The summed E-state index contributed by atoms with van der Waals surface area (Å²) >= 11 is 6.37. The highest BCUT2D eigenvalue weighted by Crippen LogP contribution is 2.22. The maximum atomic E-state index is 13.3. The summed E-state index contributed by atoms with van der Waals surface area (Å²) in [5, 5.41) is 3.72. The fraction of sp³-hybridized carbons (Fsp3) is 0.462. The number of nitrogens with zero attached hydrogens (tertiary/aromatic N) is 1. The predicted molar refractivity (Wildman–Crippen MR) is 128 cm³/mol. The van der Waals surface area contributed by atoms with E-state index in [2.05, 4.69) is 5.32 Å². The van der Waals surface area contributed by atoms with E-state index in [0.717, 1.165) is 36.8 Å². The lowest BCUT2D eigenvalue weighted by Gasteiger charge is -2.31. The molecular formula is C26H33ClN2O3. The number of carbonyl (C=O) groups excluding carboxylic acids is 2. The summed E-state index contributed by atoms with van der Waals surface area (Å²) in [7, 11) is 0. The van der Waals surface area contributed by atoms with Gasteiger partial charge in [0.25, 0.3) is 5.91 Å². The van der Waals surface area contributed by atoms with Crippen molar-refractivity contribution >= 4 is 23.4 Å². The van der Waals surface area contributed by atoms with Gasteiger partial charge in [-0.15, -0.1) is 0 Å². The molecule has 2 amide bonds. The quantitative estimate of drug-likeness (QED) is 0.564. The van der Waals surface area contributed by atoms with E-state index in [9.17, 15) is 9.59 Å². The Balaban J connectivity index is 1.77. The molecule has 5 nitrogen and oxygen atoms in total. The molecule has 3 rings (SSSR count). The van der Waals surface area contributed by atoms with Crippen LogP contribution in [0.1, 0.15) is 55.7 Å². The van der Waals surface area contributed by atoms with Crippen molar-refractivity contribution in [3.05, 3.63) is 64.2 Å². The largest absolute Gasteiger partial charge is 0.484 e. The lowest BCUT2D eigenvalue weighted by Crippen LogP contribution is -2.52. The van der Waals surface area contributed by atoms with Crippen LogP contribution in [0.15, 0.2) is 42.5 Å². The Bertz CT molecular complexity index is 940. The minimum atomic E-state index is -0.581. The van der Waals surface area contributed by atoms with Crippen LogP contribution >= 0.6 is 11.6 Å². The van der Waals surface area contributed by atoms with Gasteiger partial charge in [0.2, 0.25) is 5.91 Å². The molecule has 0 radical (unpaired) electrons.